The molecule has 3 heteroatoms. The molecule has 0 atom stereocenters. The van der Waals surface area contributed by atoms with E-state index in [0.717, 1.165) is 0 Å². The van der Waals surface area contributed by atoms with E-state index in [9.17, 15) is 4.79 Å². The van der Waals surface area contributed by atoms with Crippen LogP contribution in [0, 0.1) is 11.3 Å². The van der Waals surface area contributed by atoms with Gasteiger partial charge in [0.15, 0.2) is 0 Å². The maximum Gasteiger partial charge on any atom is 0.330 e. The van der Waals surface area contributed by atoms with Crippen LogP contribution >= 0.6 is 0 Å². The van der Waals surface area contributed by atoms with Crippen molar-refractivity contribution < 1.29 is 9.90 Å². The Morgan fingerprint density at radius 1 is 1.17 bits per heavy atom. The van der Waals surface area contributed by atoms with Crippen LogP contribution in [-0.2, 0) is 4.79 Å². The number of carboxylic acids is 1. The minimum Gasteiger partial charge on any atom is -0.478 e. The van der Waals surface area contributed by atoms with E-state index in [1.165, 1.54) is 11.6 Å². The maximum atomic E-state index is 9.83. The Labute approximate surface area is 139 Å². The molecular weight excluding hydrogens is 286 g/mol. The lowest BCUT2D eigenvalue weighted by Gasteiger charge is -1.87. The van der Waals surface area contributed by atoms with Crippen LogP contribution < -0.4 is 0 Å². The minimum absolute atomic E-state index is 0.264. The van der Waals surface area contributed by atoms with Gasteiger partial charge in [0.2, 0.25) is 0 Å². The fourth-order valence-electron chi connectivity index (χ4n) is 0.740. The SMILES string of the molecule is C=C(CC)C(=O)O.C=CC#N.C=CC=C.C=Cc1ccccc1. The molecular formula is C20H25NO2. The van der Waals surface area contributed by atoms with E-state index >= 15 is 0 Å². The zero-order chi connectivity index (χ0) is 18.5. The summed E-state index contributed by atoms with van der Waals surface area (Å²) in [4.78, 5) is 9.83. The predicted octanol–water partition coefficient (Wildman–Crippen LogP) is 5.42. The van der Waals surface area contributed by atoms with Gasteiger partial charge in [-0.3, -0.25) is 0 Å². The smallest absolute Gasteiger partial charge is 0.330 e. The second kappa shape index (κ2) is 21.2. The van der Waals surface area contributed by atoms with Crippen LogP contribution in [0.25, 0.3) is 6.08 Å². The van der Waals surface area contributed by atoms with Crippen molar-refractivity contribution in [3.05, 3.63) is 92.6 Å². The van der Waals surface area contributed by atoms with Crippen molar-refractivity contribution in [2.45, 2.75) is 13.3 Å². The highest BCUT2D eigenvalue weighted by atomic mass is 16.4. The molecule has 1 rings (SSSR count). The van der Waals surface area contributed by atoms with Gasteiger partial charge in [0.25, 0.3) is 0 Å². The molecule has 0 heterocycles. The van der Waals surface area contributed by atoms with Crippen molar-refractivity contribution in [3.63, 3.8) is 0 Å². The molecule has 0 saturated carbocycles. The van der Waals surface area contributed by atoms with Crippen LogP contribution in [0.5, 0.6) is 0 Å². The second-order valence-electron chi connectivity index (χ2n) is 3.68. The van der Waals surface area contributed by atoms with Gasteiger partial charge in [-0.2, -0.15) is 5.26 Å². The molecule has 3 nitrogen and oxygen atoms in total. The summed E-state index contributed by atoms with van der Waals surface area (Å²) in [6.45, 7) is 18.5. The van der Waals surface area contributed by atoms with Crippen LogP contribution in [-0.4, -0.2) is 11.1 Å². The largest absolute Gasteiger partial charge is 0.478 e. The Bertz CT molecular complexity index is 516. The number of carboxylic acid groups (broad SMARTS) is 1. The van der Waals surface area contributed by atoms with Crippen molar-refractivity contribution in [1.29, 1.82) is 5.26 Å². The summed E-state index contributed by atoms with van der Waals surface area (Å²) in [5.74, 6) is -0.900. The van der Waals surface area contributed by atoms with Crippen molar-refractivity contribution in [1.82, 2.24) is 0 Å². The van der Waals surface area contributed by atoms with Crippen LogP contribution in [0.15, 0.2) is 87.0 Å². The van der Waals surface area contributed by atoms with Crippen molar-refractivity contribution in [2.24, 2.45) is 0 Å². The number of nitriles is 1. The molecule has 1 aromatic carbocycles. The molecule has 0 amide bonds. The van der Waals surface area contributed by atoms with Crippen molar-refractivity contribution in [3.8, 4) is 6.07 Å². The molecule has 0 saturated heterocycles. The fourth-order valence-corrected chi connectivity index (χ4v) is 0.740. The highest BCUT2D eigenvalue weighted by molar-refractivity contribution is 5.85. The number of hydrogen-bond donors (Lipinski definition) is 1. The number of rotatable bonds is 4. The predicted molar refractivity (Wildman–Crippen MR) is 99.8 cm³/mol. The quantitative estimate of drug-likeness (QED) is 0.458. The third-order valence-corrected chi connectivity index (χ3v) is 2.02. The molecule has 0 radical (unpaired) electrons. The monoisotopic (exact) mass is 311 g/mol. The summed E-state index contributed by atoms with van der Waals surface area (Å²) >= 11 is 0. The third kappa shape index (κ3) is 24.3. The molecule has 0 aliphatic heterocycles. The molecule has 0 aliphatic carbocycles. The van der Waals surface area contributed by atoms with Crippen LogP contribution in [0.4, 0.5) is 0 Å². The van der Waals surface area contributed by atoms with Gasteiger partial charge < -0.3 is 5.11 Å². The summed E-state index contributed by atoms with van der Waals surface area (Å²) in [5, 5.41) is 15.6. The van der Waals surface area contributed by atoms with E-state index < -0.39 is 5.97 Å². The third-order valence-electron chi connectivity index (χ3n) is 2.02. The lowest BCUT2D eigenvalue weighted by atomic mass is 10.2. The molecule has 0 bridgehead atoms. The van der Waals surface area contributed by atoms with Gasteiger partial charge in [0.05, 0.1) is 6.07 Å². The van der Waals surface area contributed by atoms with Gasteiger partial charge in [-0.05, 0) is 12.0 Å². The molecule has 122 valence electrons. The number of carbonyl (C=O) groups is 1. The Morgan fingerprint density at radius 2 is 1.61 bits per heavy atom. The average molecular weight is 311 g/mol. The van der Waals surface area contributed by atoms with E-state index in [2.05, 4.69) is 32.9 Å². The molecule has 0 aromatic heterocycles. The van der Waals surface area contributed by atoms with Crippen molar-refractivity contribution >= 4 is 12.0 Å². The van der Waals surface area contributed by atoms with Gasteiger partial charge in [-0.25, -0.2) is 4.79 Å². The number of benzene rings is 1. The van der Waals surface area contributed by atoms with E-state index in [-0.39, 0.29) is 5.57 Å². The molecule has 0 aliphatic rings. The fraction of sp³-hybridized carbons (Fsp3) is 0.100. The van der Waals surface area contributed by atoms with E-state index in [0.29, 0.717) is 6.42 Å². The highest BCUT2D eigenvalue weighted by Crippen LogP contribution is 1.97. The van der Waals surface area contributed by atoms with Gasteiger partial charge >= 0.3 is 5.97 Å². The number of hydrogen-bond acceptors (Lipinski definition) is 2. The lowest BCUT2D eigenvalue weighted by Crippen LogP contribution is -1.95. The van der Waals surface area contributed by atoms with Crippen LogP contribution in [0.1, 0.15) is 18.9 Å². The zero-order valence-electron chi connectivity index (χ0n) is 13.7. The topological polar surface area (TPSA) is 61.1 Å². The Kier molecular flexibility index (Phi) is 22.9. The summed E-state index contributed by atoms with van der Waals surface area (Å²) in [6, 6.07) is 11.7. The Hall–Kier alpha value is -3.12. The summed E-state index contributed by atoms with van der Waals surface area (Å²) in [6.07, 6.45) is 6.81. The summed E-state index contributed by atoms with van der Waals surface area (Å²) in [7, 11) is 0. The summed E-state index contributed by atoms with van der Waals surface area (Å²) in [5.41, 5.74) is 1.44. The molecule has 1 N–H and O–H groups in total. The lowest BCUT2D eigenvalue weighted by molar-refractivity contribution is -0.132. The Morgan fingerprint density at radius 3 is 1.74 bits per heavy atom. The number of nitrogens with zero attached hydrogens (tertiary/aromatic N) is 1. The van der Waals surface area contributed by atoms with Gasteiger partial charge in [-0.15, -0.1) is 0 Å². The van der Waals surface area contributed by atoms with Gasteiger partial charge in [0, 0.05) is 11.6 Å². The standard InChI is InChI=1S/C8H8.C5H8O2.C4H6.C3H3N/c1-2-8-6-4-3-5-7-8;1-3-4(2)5(6)7;1-3-4-2;1-2-3-4/h2-7H,1H2;2-3H2,1H3,(H,6,7);3-4H,1-2H2;2H,1H2. The molecule has 0 unspecified atom stereocenters. The first-order valence-corrected chi connectivity index (χ1v) is 6.77. The Balaban J connectivity index is -0.000000245. The first kappa shape index (κ1) is 24.9. The van der Waals surface area contributed by atoms with Gasteiger partial charge in [-0.1, -0.05) is 88.4 Å². The normalized spacial score (nSPS) is 6.96. The number of allylic oxidation sites excluding steroid dienone is 3. The van der Waals surface area contributed by atoms with Crippen molar-refractivity contribution in [2.75, 3.05) is 0 Å². The zero-order valence-corrected chi connectivity index (χ0v) is 13.7. The maximum absolute atomic E-state index is 9.83. The molecule has 23 heavy (non-hydrogen) atoms. The molecule has 0 fully saturated rings. The molecule has 1 aromatic rings. The first-order valence-electron chi connectivity index (χ1n) is 6.77. The summed E-state index contributed by atoms with van der Waals surface area (Å²) < 4.78 is 0. The first-order chi connectivity index (χ1) is 10.9. The van der Waals surface area contributed by atoms with Gasteiger partial charge in [0.1, 0.15) is 0 Å². The van der Waals surface area contributed by atoms with Crippen LogP contribution in [0.2, 0.25) is 0 Å². The number of aliphatic carboxylic acids is 1. The highest BCUT2D eigenvalue weighted by Gasteiger charge is 1.96. The van der Waals surface area contributed by atoms with E-state index in [4.69, 9.17) is 10.4 Å². The second-order valence-corrected chi connectivity index (χ2v) is 3.68. The van der Waals surface area contributed by atoms with E-state index in [1.807, 2.05) is 36.4 Å². The average Bonchev–Trinajstić information content (AvgIpc) is 2.62. The van der Waals surface area contributed by atoms with E-state index in [1.54, 1.807) is 25.1 Å². The molecule has 0 spiro atoms. The minimum atomic E-state index is -0.900. The van der Waals surface area contributed by atoms with Crippen LogP contribution in [0.3, 0.4) is 0 Å².